The van der Waals surface area contributed by atoms with Crippen molar-refractivity contribution >= 4 is 23.2 Å². The molecule has 0 bridgehead atoms. The highest BCUT2D eigenvalue weighted by Gasteiger charge is 2.35. The van der Waals surface area contributed by atoms with E-state index in [2.05, 4.69) is 42.6 Å². The summed E-state index contributed by atoms with van der Waals surface area (Å²) in [5.74, 6) is 0.715. The molecular weight excluding hydrogens is 460 g/mol. The largest absolute Gasteiger partial charge is 0.497 e. The highest BCUT2D eigenvalue weighted by atomic mass is 32.1. The van der Waals surface area contributed by atoms with Crippen LogP contribution >= 0.6 is 11.3 Å². The van der Waals surface area contributed by atoms with Crippen LogP contribution in [0.25, 0.3) is 0 Å². The third-order valence-electron chi connectivity index (χ3n) is 6.51. The van der Waals surface area contributed by atoms with Gasteiger partial charge in [0, 0.05) is 23.5 Å². The molecule has 2 heterocycles. The number of nitrogens with zero attached hydrogens (tertiary/aromatic N) is 2. The summed E-state index contributed by atoms with van der Waals surface area (Å²) in [6, 6.07) is 15.3. The number of methoxy groups -OCH3 is 2. The third-order valence-corrected chi connectivity index (χ3v) is 7.50. The predicted octanol–water partition coefficient (Wildman–Crippen LogP) is 5.10. The van der Waals surface area contributed by atoms with E-state index in [4.69, 9.17) is 9.47 Å². The molecule has 0 saturated heterocycles. The minimum absolute atomic E-state index is 0.00643. The predicted molar refractivity (Wildman–Crippen MR) is 138 cm³/mol. The van der Waals surface area contributed by atoms with Gasteiger partial charge in [0.2, 0.25) is 5.91 Å². The maximum atomic E-state index is 13.8. The van der Waals surface area contributed by atoms with Crippen molar-refractivity contribution in [2.24, 2.45) is 0 Å². The molecular formula is C28H32N2O4S. The van der Waals surface area contributed by atoms with Crippen molar-refractivity contribution in [2.45, 2.75) is 39.3 Å². The normalized spacial score (nSPS) is 15.0. The average molecular weight is 493 g/mol. The highest BCUT2D eigenvalue weighted by molar-refractivity contribution is 7.10. The number of hydrogen-bond donors (Lipinski definition) is 0. The van der Waals surface area contributed by atoms with Crippen LogP contribution in [0, 0.1) is 6.92 Å². The molecule has 0 aliphatic carbocycles. The lowest BCUT2D eigenvalue weighted by atomic mass is 9.92. The Bertz CT molecular complexity index is 1200. The standard InChI is InChI=1S/C28H32N2O4S/c1-18(2)30(28(32)22-11-10-21(33-4)16-24(22)34-5)17-26(31)29-14-12-25-23(13-15-35-25)27(29)20-8-6-19(3)7-9-20/h6-11,13,15-16,18,27H,12,14,17H2,1-5H3/t27-/m0/s1. The Labute approximate surface area is 211 Å². The van der Waals surface area contributed by atoms with E-state index in [1.807, 2.05) is 18.7 Å². The Kier molecular flexibility index (Phi) is 7.45. The molecule has 0 fully saturated rings. The van der Waals surface area contributed by atoms with Crippen molar-refractivity contribution in [3.05, 3.63) is 81.0 Å². The fourth-order valence-electron chi connectivity index (χ4n) is 4.55. The Morgan fingerprint density at radius 2 is 1.83 bits per heavy atom. The van der Waals surface area contributed by atoms with E-state index >= 15 is 0 Å². The highest BCUT2D eigenvalue weighted by Crippen LogP contribution is 2.38. The summed E-state index contributed by atoms with van der Waals surface area (Å²) in [5.41, 5.74) is 3.85. The van der Waals surface area contributed by atoms with Crippen LogP contribution < -0.4 is 9.47 Å². The van der Waals surface area contributed by atoms with Crippen LogP contribution in [0.2, 0.25) is 0 Å². The molecule has 2 aromatic carbocycles. The Morgan fingerprint density at radius 1 is 1.09 bits per heavy atom. The first-order valence-electron chi connectivity index (χ1n) is 11.8. The van der Waals surface area contributed by atoms with E-state index in [1.54, 1.807) is 41.5 Å². The first-order chi connectivity index (χ1) is 16.8. The molecule has 1 atom stereocenters. The summed E-state index contributed by atoms with van der Waals surface area (Å²) in [6.45, 7) is 6.52. The van der Waals surface area contributed by atoms with Crippen LogP contribution in [0.5, 0.6) is 11.5 Å². The van der Waals surface area contributed by atoms with Gasteiger partial charge in [0.05, 0.1) is 25.8 Å². The summed E-state index contributed by atoms with van der Waals surface area (Å²) >= 11 is 1.74. The van der Waals surface area contributed by atoms with Gasteiger partial charge in [-0.25, -0.2) is 0 Å². The Hall–Kier alpha value is -3.32. The van der Waals surface area contributed by atoms with Gasteiger partial charge in [-0.15, -0.1) is 11.3 Å². The number of hydrogen-bond acceptors (Lipinski definition) is 5. The third kappa shape index (κ3) is 5.05. The van der Waals surface area contributed by atoms with Gasteiger partial charge in [0.25, 0.3) is 5.91 Å². The summed E-state index contributed by atoms with van der Waals surface area (Å²) in [6.07, 6.45) is 0.822. The van der Waals surface area contributed by atoms with E-state index in [0.717, 1.165) is 12.0 Å². The number of carbonyl (C=O) groups excluding carboxylic acids is 2. The number of amides is 2. The second-order valence-corrected chi connectivity index (χ2v) is 10.0. The molecule has 2 amide bonds. The van der Waals surface area contributed by atoms with Gasteiger partial charge in [0.15, 0.2) is 0 Å². The number of rotatable bonds is 7. The molecule has 3 aromatic rings. The molecule has 0 spiro atoms. The number of carbonyl (C=O) groups is 2. The molecule has 1 aliphatic rings. The zero-order chi connectivity index (χ0) is 25.1. The van der Waals surface area contributed by atoms with Gasteiger partial charge >= 0.3 is 0 Å². The maximum Gasteiger partial charge on any atom is 0.258 e. The molecule has 1 aromatic heterocycles. The SMILES string of the molecule is COc1ccc(C(=O)N(CC(=O)N2CCc3sccc3[C@@H]2c2ccc(C)cc2)C(C)C)c(OC)c1. The van der Waals surface area contributed by atoms with E-state index in [9.17, 15) is 9.59 Å². The van der Waals surface area contributed by atoms with Crippen LogP contribution in [0.3, 0.4) is 0 Å². The maximum absolute atomic E-state index is 13.8. The topological polar surface area (TPSA) is 59.1 Å². The Balaban J connectivity index is 1.63. The van der Waals surface area contributed by atoms with Gasteiger partial charge in [-0.2, -0.15) is 0 Å². The van der Waals surface area contributed by atoms with Crippen molar-refractivity contribution in [3.8, 4) is 11.5 Å². The van der Waals surface area contributed by atoms with E-state index in [1.165, 1.54) is 23.1 Å². The van der Waals surface area contributed by atoms with E-state index in [0.29, 0.717) is 23.6 Å². The van der Waals surface area contributed by atoms with Gasteiger partial charge in [-0.05, 0) is 61.9 Å². The molecule has 35 heavy (non-hydrogen) atoms. The second kappa shape index (κ2) is 10.5. The van der Waals surface area contributed by atoms with Crippen LogP contribution in [-0.2, 0) is 11.2 Å². The second-order valence-electron chi connectivity index (χ2n) is 9.04. The monoisotopic (exact) mass is 492 g/mol. The lowest BCUT2D eigenvalue weighted by molar-refractivity contribution is -0.134. The van der Waals surface area contributed by atoms with E-state index < -0.39 is 0 Å². The Morgan fingerprint density at radius 3 is 2.49 bits per heavy atom. The van der Waals surface area contributed by atoms with Crippen molar-refractivity contribution in [2.75, 3.05) is 27.3 Å². The summed E-state index contributed by atoms with van der Waals surface area (Å²) in [4.78, 5) is 32.2. The molecule has 0 unspecified atom stereocenters. The van der Waals surface area contributed by atoms with Gasteiger partial charge in [-0.3, -0.25) is 9.59 Å². The zero-order valence-corrected chi connectivity index (χ0v) is 21.7. The van der Waals surface area contributed by atoms with Crippen molar-refractivity contribution in [1.29, 1.82) is 0 Å². The van der Waals surface area contributed by atoms with Gasteiger partial charge in [-0.1, -0.05) is 29.8 Å². The first kappa shape index (κ1) is 24.8. The summed E-state index contributed by atoms with van der Waals surface area (Å²) < 4.78 is 10.7. The number of fused-ring (bicyclic) bond motifs is 1. The molecule has 4 rings (SSSR count). The lowest BCUT2D eigenvalue weighted by Gasteiger charge is -2.38. The van der Waals surface area contributed by atoms with Crippen LogP contribution in [0.15, 0.2) is 53.9 Å². The molecule has 1 aliphatic heterocycles. The van der Waals surface area contributed by atoms with Crippen molar-refractivity contribution in [1.82, 2.24) is 9.80 Å². The quantitative estimate of drug-likeness (QED) is 0.461. The van der Waals surface area contributed by atoms with Crippen LogP contribution in [0.4, 0.5) is 0 Å². The number of thiophene rings is 1. The summed E-state index contributed by atoms with van der Waals surface area (Å²) in [7, 11) is 3.09. The molecule has 0 saturated carbocycles. The molecule has 184 valence electrons. The fraction of sp³-hybridized carbons (Fsp3) is 0.357. The lowest BCUT2D eigenvalue weighted by Crippen LogP contribution is -2.48. The van der Waals surface area contributed by atoms with Crippen molar-refractivity contribution in [3.63, 3.8) is 0 Å². The minimum Gasteiger partial charge on any atom is -0.497 e. The molecule has 0 N–H and O–H groups in total. The van der Waals surface area contributed by atoms with Crippen LogP contribution in [-0.4, -0.2) is 55.0 Å². The van der Waals surface area contributed by atoms with Crippen LogP contribution in [0.1, 0.15) is 51.8 Å². The van der Waals surface area contributed by atoms with Gasteiger partial charge < -0.3 is 19.3 Å². The fourth-order valence-corrected chi connectivity index (χ4v) is 5.45. The summed E-state index contributed by atoms with van der Waals surface area (Å²) in [5, 5.41) is 2.10. The first-order valence-corrected chi connectivity index (χ1v) is 12.7. The molecule has 7 heteroatoms. The molecule has 0 radical (unpaired) electrons. The number of ether oxygens (including phenoxy) is 2. The average Bonchev–Trinajstić information content (AvgIpc) is 3.35. The van der Waals surface area contributed by atoms with Crippen molar-refractivity contribution < 1.29 is 19.1 Å². The molecule has 6 nitrogen and oxygen atoms in total. The van der Waals surface area contributed by atoms with E-state index in [-0.39, 0.29) is 30.4 Å². The smallest absolute Gasteiger partial charge is 0.258 e. The zero-order valence-electron chi connectivity index (χ0n) is 20.9. The minimum atomic E-state index is -0.243. The van der Waals surface area contributed by atoms with Gasteiger partial charge in [0.1, 0.15) is 18.0 Å². The number of benzene rings is 2. The number of aryl methyl sites for hydroxylation is 1.